The highest BCUT2D eigenvalue weighted by Crippen LogP contribution is 2.13. The Morgan fingerprint density at radius 1 is 1.17 bits per heavy atom. The molecule has 0 bridgehead atoms. The number of ether oxygens (including phenoxy) is 1. The molecule has 0 spiro atoms. The minimum absolute atomic E-state index is 0.336. The lowest BCUT2D eigenvalue weighted by molar-refractivity contribution is -0.139. The molecular weight excluding hydrogens is 298 g/mol. The summed E-state index contributed by atoms with van der Waals surface area (Å²) in [5, 5.41) is 11.4. The number of ketones is 1. The molecule has 1 aromatic rings. The lowest BCUT2D eigenvalue weighted by Gasteiger charge is -2.21. The number of aryl methyl sites for hydroxylation is 2. The Bertz CT molecular complexity index is 616. The number of Topliss-reactive ketones (excluding diaryl/α,β-unsaturated/α-hetero) is 1. The van der Waals surface area contributed by atoms with Gasteiger partial charge in [0.2, 0.25) is 0 Å². The van der Waals surface area contributed by atoms with Crippen LogP contribution in [0, 0.1) is 13.8 Å². The van der Waals surface area contributed by atoms with Crippen molar-refractivity contribution < 1.29 is 24.2 Å². The highest BCUT2D eigenvalue weighted by atomic mass is 16.6. The van der Waals surface area contributed by atoms with Crippen LogP contribution in [0.2, 0.25) is 0 Å². The second kappa shape index (κ2) is 7.26. The highest BCUT2D eigenvalue weighted by molar-refractivity contribution is 5.99. The number of aliphatic carboxylic acids is 1. The lowest BCUT2D eigenvalue weighted by atomic mass is 9.99. The predicted octanol–water partition coefficient (Wildman–Crippen LogP) is 2.85. The van der Waals surface area contributed by atoms with Crippen molar-refractivity contribution in [1.29, 1.82) is 0 Å². The van der Waals surface area contributed by atoms with Gasteiger partial charge in [-0.15, -0.1) is 0 Å². The number of alkyl carbamates (subject to hydrolysis) is 1. The Labute approximate surface area is 135 Å². The fraction of sp³-hybridized carbons (Fsp3) is 0.471. The van der Waals surface area contributed by atoms with Crippen LogP contribution in [-0.4, -0.2) is 34.6 Å². The predicted molar refractivity (Wildman–Crippen MR) is 85.7 cm³/mol. The summed E-state index contributed by atoms with van der Waals surface area (Å²) in [6, 6.07) is 3.83. The van der Waals surface area contributed by atoms with E-state index >= 15 is 0 Å². The molecule has 1 unspecified atom stereocenters. The molecule has 0 saturated carbocycles. The molecule has 0 radical (unpaired) electrons. The van der Waals surface area contributed by atoms with E-state index in [4.69, 9.17) is 4.74 Å². The normalized spacial score (nSPS) is 12.4. The first kappa shape index (κ1) is 18.7. The third-order valence-electron chi connectivity index (χ3n) is 3.21. The summed E-state index contributed by atoms with van der Waals surface area (Å²) < 4.78 is 5.02. The molecule has 6 nitrogen and oxygen atoms in total. The van der Waals surface area contributed by atoms with Gasteiger partial charge >= 0.3 is 12.1 Å². The highest BCUT2D eigenvalue weighted by Gasteiger charge is 2.26. The molecule has 0 aromatic heterocycles. The van der Waals surface area contributed by atoms with E-state index in [0.717, 1.165) is 11.1 Å². The van der Waals surface area contributed by atoms with Gasteiger partial charge in [-0.25, -0.2) is 9.59 Å². The molecule has 1 rings (SSSR count). The molecular formula is C17H23NO5. The molecule has 2 N–H and O–H groups in total. The number of amides is 1. The van der Waals surface area contributed by atoms with Crippen molar-refractivity contribution in [3.8, 4) is 0 Å². The first-order valence-electron chi connectivity index (χ1n) is 7.32. The molecule has 23 heavy (non-hydrogen) atoms. The van der Waals surface area contributed by atoms with Gasteiger partial charge in [0.15, 0.2) is 5.78 Å². The zero-order valence-corrected chi connectivity index (χ0v) is 14.1. The molecule has 0 aliphatic carbocycles. The van der Waals surface area contributed by atoms with Gasteiger partial charge in [0.05, 0.1) is 0 Å². The number of benzene rings is 1. The summed E-state index contributed by atoms with van der Waals surface area (Å²) in [7, 11) is 0. The molecule has 0 fully saturated rings. The summed E-state index contributed by atoms with van der Waals surface area (Å²) in [6.45, 7) is 8.81. The number of hydrogen-bond donors (Lipinski definition) is 2. The fourth-order valence-corrected chi connectivity index (χ4v) is 1.87. The molecule has 126 valence electrons. The van der Waals surface area contributed by atoms with E-state index in [1.165, 1.54) is 0 Å². The Balaban J connectivity index is 2.79. The molecule has 0 heterocycles. The van der Waals surface area contributed by atoms with Crippen molar-refractivity contribution in [3.05, 3.63) is 34.9 Å². The molecule has 0 saturated heterocycles. The van der Waals surface area contributed by atoms with E-state index in [9.17, 15) is 19.5 Å². The van der Waals surface area contributed by atoms with Gasteiger partial charge in [-0.2, -0.15) is 0 Å². The average molecular weight is 321 g/mol. The quantitative estimate of drug-likeness (QED) is 0.813. The van der Waals surface area contributed by atoms with E-state index in [2.05, 4.69) is 5.32 Å². The van der Waals surface area contributed by atoms with Crippen LogP contribution >= 0.6 is 0 Å². The van der Waals surface area contributed by atoms with Crippen LogP contribution in [0.4, 0.5) is 4.79 Å². The van der Waals surface area contributed by atoms with Crippen molar-refractivity contribution in [2.45, 2.75) is 52.7 Å². The Hall–Kier alpha value is -2.37. The summed E-state index contributed by atoms with van der Waals surface area (Å²) in [4.78, 5) is 35.2. The fourth-order valence-electron chi connectivity index (χ4n) is 1.87. The maximum atomic E-state index is 12.2. The van der Waals surface area contributed by atoms with E-state index < -0.39 is 23.7 Å². The molecule has 0 aliphatic heterocycles. The number of nitrogens with one attached hydrogen (secondary N) is 1. The van der Waals surface area contributed by atoms with Gasteiger partial charge in [0, 0.05) is 12.0 Å². The molecule has 0 aliphatic rings. The van der Waals surface area contributed by atoms with Crippen LogP contribution in [0.5, 0.6) is 0 Å². The molecule has 6 heteroatoms. The second-order valence-corrected chi connectivity index (χ2v) is 6.46. The maximum absolute atomic E-state index is 12.2. The topological polar surface area (TPSA) is 92.7 Å². The average Bonchev–Trinajstić information content (AvgIpc) is 2.38. The number of carbonyl (C=O) groups is 3. The van der Waals surface area contributed by atoms with Gasteiger partial charge in [-0.3, -0.25) is 4.79 Å². The summed E-state index contributed by atoms with van der Waals surface area (Å²) >= 11 is 0. The van der Waals surface area contributed by atoms with Gasteiger partial charge in [0.25, 0.3) is 0 Å². The van der Waals surface area contributed by atoms with Crippen LogP contribution in [0.1, 0.15) is 48.7 Å². The van der Waals surface area contributed by atoms with Crippen molar-refractivity contribution >= 4 is 17.8 Å². The lowest BCUT2D eigenvalue weighted by Crippen LogP contribution is -2.44. The van der Waals surface area contributed by atoms with Crippen molar-refractivity contribution in [2.75, 3.05) is 0 Å². The van der Waals surface area contributed by atoms with Crippen LogP contribution in [0.3, 0.4) is 0 Å². The Morgan fingerprint density at radius 3 is 2.26 bits per heavy atom. The number of carboxylic acids is 1. The Kier molecular flexibility index (Phi) is 5.90. The van der Waals surface area contributed by atoms with Crippen molar-refractivity contribution in [3.63, 3.8) is 0 Å². The van der Waals surface area contributed by atoms with Crippen LogP contribution < -0.4 is 5.32 Å². The van der Waals surface area contributed by atoms with Gasteiger partial charge in [-0.05, 0) is 51.8 Å². The van der Waals surface area contributed by atoms with Gasteiger partial charge in [0.1, 0.15) is 11.6 Å². The summed E-state index contributed by atoms with van der Waals surface area (Å²) in [6.07, 6.45) is -1.20. The van der Waals surface area contributed by atoms with E-state index in [1.807, 2.05) is 13.8 Å². The molecule has 1 aromatic carbocycles. The first-order chi connectivity index (χ1) is 10.5. The van der Waals surface area contributed by atoms with Gasteiger partial charge in [-0.1, -0.05) is 12.1 Å². The number of carboxylic acid groups (broad SMARTS) is 1. The third-order valence-corrected chi connectivity index (χ3v) is 3.21. The number of hydrogen-bond acceptors (Lipinski definition) is 4. The third kappa shape index (κ3) is 6.10. The smallest absolute Gasteiger partial charge is 0.408 e. The number of carbonyl (C=O) groups excluding carboxylic acids is 2. The zero-order valence-electron chi connectivity index (χ0n) is 14.1. The zero-order chi connectivity index (χ0) is 17.8. The SMILES string of the molecule is Cc1ccc(C(=O)CC(NC(=O)OC(C)(C)C)C(=O)O)cc1C. The second-order valence-electron chi connectivity index (χ2n) is 6.46. The van der Waals surface area contributed by atoms with Gasteiger partial charge < -0.3 is 15.2 Å². The van der Waals surface area contributed by atoms with Crippen molar-refractivity contribution in [1.82, 2.24) is 5.32 Å². The minimum Gasteiger partial charge on any atom is -0.480 e. The largest absolute Gasteiger partial charge is 0.480 e. The van der Waals surface area contributed by atoms with Crippen LogP contribution in [0.15, 0.2) is 18.2 Å². The molecule has 1 atom stereocenters. The van der Waals surface area contributed by atoms with E-state index in [0.29, 0.717) is 5.56 Å². The van der Waals surface area contributed by atoms with Crippen molar-refractivity contribution in [2.24, 2.45) is 0 Å². The monoisotopic (exact) mass is 321 g/mol. The van der Waals surface area contributed by atoms with Crippen LogP contribution in [-0.2, 0) is 9.53 Å². The standard InChI is InChI=1S/C17H23NO5/c1-10-6-7-12(8-11(10)2)14(19)9-13(15(20)21)18-16(22)23-17(3,4)5/h6-8,13H,9H2,1-5H3,(H,18,22)(H,20,21). The molecule has 1 amide bonds. The summed E-state index contributed by atoms with van der Waals surface area (Å²) in [5.74, 6) is -1.63. The Morgan fingerprint density at radius 2 is 1.78 bits per heavy atom. The minimum atomic E-state index is -1.33. The summed E-state index contributed by atoms with van der Waals surface area (Å²) in [5.41, 5.74) is 1.67. The number of rotatable bonds is 5. The van der Waals surface area contributed by atoms with E-state index in [-0.39, 0.29) is 12.2 Å². The first-order valence-corrected chi connectivity index (χ1v) is 7.32. The maximum Gasteiger partial charge on any atom is 0.408 e. The van der Waals surface area contributed by atoms with Crippen LogP contribution in [0.25, 0.3) is 0 Å². The van der Waals surface area contributed by atoms with E-state index in [1.54, 1.807) is 39.0 Å².